The lowest BCUT2D eigenvalue weighted by molar-refractivity contribution is -0.142. The summed E-state index contributed by atoms with van der Waals surface area (Å²) < 4.78 is 5.01. The minimum Gasteiger partial charge on any atom is -0.370 e. The van der Waals surface area contributed by atoms with Crippen LogP contribution in [0.25, 0.3) is 0 Å². The highest BCUT2D eigenvalue weighted by molar-refractivity contribution is 5.85. The van der Waals surface area contributed by atoms with Gasteiger partial charge in [-0.25, -0.2) is 0 Å². The average Bonchev–Trinajstić information content (AvgIpc) is 2.20. The van der Waals surface area contributed by atoms with Gasteiger partial charge >= 0.3 is 0 Å². The lowest BCUT2D eigenvalue weighted by Crippen LogP contribution is -2.52. The summed E-state index contributed by atoms with van der Waals surface area (Å²) in [6.45, 7) is 3.64. The van der Waals surface area contributed by atoms with E-state index in [0.717, 1.165) is 26.2 Å². The number of nitrogens with two attached hydrogens (primary N) is 1. The van der Waals surface area contributed by atoms with Crippen LogP contribution in [0.1, 0.15) is 0 Å². The molecule has 1 fully saturated rings. The van der Waals surface area contributed by atoms with Crippen molar-refractivity contribution in [1.29, 1.82) is 0 Å². The number of nitrogens with zero attached hydrogens (tertiary/aromatic N) is 2. The summed E-state index contributed by atoms with van der Waals surface area (Å²) in [6, 6.07) is 0. The van der Waals surface area contributed by atoms with Crippen molar-refractivity contribution in [3.63, 3.8) is 0 Å². The van der Waals surface area contributed by atoms with Gasteiger partial charge in [0, 0.05) is 39.8 Å². The predicted octanol–water partition coefficient (Wildman–Crippen LogP) is -0.844. The van der Waals surface area contributed by atoms with E-state index in [0.29, 0.717) is 0 Å². The Morgan fingerprint density at radius 1 is 1.40 bits per heavy atom. The Balaban J connectivity index is 0.00000196. The number of hydrogen-bond acceptors (Lipinski definition) is 4. The predicted molar refractivity (Wildman–Crippen MR) is 61.2 cm³/mol. The fraction of sp³-hybridized carbons (Fsp3) is 0.889. The molecule has 1 saturated heterocycles. The number of hydrogen-bond donors (Lipinski definition) is 1. The Bertz CT molecular complexity index is 192. The molecule has 1 unspecified atom stereocenters. The molecule has 1 aliphatic heterocycles. The summed E-state index contributed by atoms with van der Waals surface area (Å²) in [4.78, 5) is 15.8. The molecule has 5 nitrogen and oxygen atoms in total. The molecule has 0 saturated carbocycles. The Kier molecular flexibility index (Phi) is 6.84. The molecule has 15 heavy (non-hydrogen) atoms. The van der Waals surface area contributed by atoms with Crippen molar-refractivity contribution < 1.29 is 9.53 Å². The number of carbonyl (C=O) groups is 1. The van der Waals surface area contributed by atoms with Crippen LogP contribution in [0.15, 0.2) is 0 Å². The fourth-order valence-electron chi connectivity index (χ4n) is 1.53. The maximum Gasteiger partial charge on any atom is 0.253 e. The number of rotatable bonds is 3. The maximum atomic E-state index is 11.8. The smallest absolute Gasteiger partial charge is 0.253 e. The molecule has 0 spiro atoms. The van der Waals surface area contributed by atoms with Gasteiger partial charge in [-0.15, -0.1) is 12.4 Å². The number of halogens is 1. The molecule has 0 radical (unpaired) electrons. The minimum atomic E-state index is -0.474. The summed E-state index contributed by atoms with van der Waals surface area (Å²) in [5, 5.41) is 0. The van der Waals surface area contributed by atoms with Crippen LogP contribution in [0.4, 0.5) is 0 Å². The Morgan fingerprint density at radius 2 is 1.93 bits per heavy atom. The van der Waals surface area contributed by atoms with Crippen LogP contribution in [-0.2, 0) is 9.53 Å². The largest absolute Gasteiger partial charge is 0.370 e. The van der Waals surface area contributed by atoms with Gasteiger partial charge in [0.15, 0.2) is 0 Å². The second kappa shape index (κ2) is 7.00. The fourth-order valence-corrected chi connectivity index (χ4v) is 1.53. The molecule has 1 amide bonds. The third-order valence-corrected chi connectivity index (χ3v) is 2.59. The molecule has 2 N–H and O–H groups in total. The van der Waals surface area contributed by atoms with E-state index in [1.165, 1.54) is 7.11 Å². The summed E-state index contributed by atoms with van der Waals surface area (Å²) >= 11 is 0. The highest BCUT2D eigenvalue weighted by Crippen LogP contribution is 2.03. The van der Waals surface area contributed by atoms with Crippen LogP contribution in [0.3, 0.4) is 0 Å². The molecule has 1 aliphatic rings. The van der Waals surface area contributed by atoms with Crippen LogP contribution >= 0.6 is 12.4 Å². The molecule has 6 heteroatoms. The first kappa shape index (κ1) is 14.6. The molecule has 0 aromatic rings. The maximum absolute atomic E-state index is 11.8. The lowest BCUT2D eigenvalue weighted by atomic mass is 10.2. The normalized spacial score (nSPS) is 19.5. The SMILES string of the molecule is COC(CN)C(=O)N1CCN(C)CC1.Cl. The van der Waals surface area contributed by atoms with E-state index in [2.05, 4.69) is 11.9 Å². The first-order chi connectivity index (χ1) is 6.69. The van der Waals surface area contributed by atoms with Crippen molar-refractivity contribution in [2.45, 2.75) is 6.10 Å². The molecular formula is C9H20ClN3O2. The van der Waals surface area contributed by atoms with Crippen molar-refractivity contribution in [3.8, 4) is 0 Å². The van der Waals surface area contributed by atoms with Gasteiger partial charge in [0.05, 0.1) is 0 Å². The van der Waals surface area contributed by atoms with Gasteiger partial charge in [0.25, 0.3) is 5.91 Å². The lowest BCUT2D eigenvalue weighted by Gasteiger charge is -2.34. The second-order valence-electron chi connectivity index (χ2n) is 3.59. The summed E-state index contributed by atoms with van der Waals surface area (Å²) in [5.41, 5.74) is 5.44. The molecule has 0 aliphatic carbocycles. The van der Waals surface area contributed by atoms with Crippen molar-refractivity contribution in [3.05, 3.63) is 0 Å². The molecule has 90 valence electrons. The summed E-state index contributed by atoms with van der Waals surface area (Å²) in [7, 11) is 3.57. The van der Waals surface area contributed by atoms with Crippen LogP contribution < -0.4 is 5.73 Å². The van der Waals surface area contributed by atoms with Crippen molar-refractivity contribution in [1.82, 2.24) is 9.80 Å². The van der Waals surface area contributed by atoms with Crippen molar-refractivity contribution in [2.24, 2.45) is 5.73 Å². The Labute approximate surface area is 96.9 Å². The molecule has 1 heterocycles. The van der Waals surface area contributed by atoms with Gasteiger partial charge in [-0.1, -0.05) is 0 Å². The minimum absolute atomic E-state index is 0. The standard InChI is InChI=1S/C9H19N3O2.ClH/c1-11-3-5-12(6-4-11)9(13)8(7-10)14-2;/h8H,3-7,10H2,1-2H3;1H. The van der Waals surface area contributed by atoms with Gasteiger partial charge in [-0.05, 0) is 7.05 Å². The van der Waals surface area contributed by atoms with E-state index >= 15 is 0 Å². The van der Waals surface area contributed by atoms with Crippen molar-refractivity contribution >= 4 is 18.3 Å². The van der Waals surface area contributed by atoms with Crippen LogP contribution in [0, 0.1) is 0 Å². The summed E-state index contributed by atoms with van der Waals surface area (Å²) in [6.07, 6.45) is -0.474. The molecule has 0 bridgehead atoms. The number of carbonyl (C=O) groups excluding carboxylic acids is 1. The molecule has 1 rings (SSSR count). The number of likely N-dealkylation sites (N-methyl/N-ethyl adjacent to an activating group) is 1. The van der Waals surface area contributed by atoms with E-state index in [9.17, 15) is 4.79 Å². The highest BCUT2D eigenvalue weighted by Gasteiger charge is 2.25. The second-order valence-corrected chi connectivity index (χ2v) is 3.59. The molecule has 0 aromatic heterocycles. The van der Waals surface area contributed by atoms with E-state index < -0.39 is 6.10 Å². The third kappa shape index (κ3) is 3.95. The Morgan fingerprint density at radius 3 is 2.33 bits per heavy atom. The monoisotopic (exact) mass is 237 g/mol. The molecule has 0 aromatic carbocycles. The molecule has 1 atom stereocenters. The zero-order valence-corrected chi connectivity index (χ0v) is 10.1. The number of methoxy groups -OCH3 is 1. The van der Waals surface area contributed by atoms with Gasteiger partial charge in [-0.2, -0.15) is 0 Å². The summed E-state index contributed by atoms with van der Waals surface area (Å²) in [5.74, 6) is 0.0168. The van der Waals surface area contributed by atoms with Gasteiger partial charge in [0.1, 0.15) is 6.10 Å². The van der Waals surface area contributed by atoms with E-state index in [4.69, 9.17) is 10.5 Å². The quantitative estimate of drug-likeness (QED) is 0.695. The van der Waals surface area contributed by atoms with Gasteiger partial charge < -0.3 is 20.3 Å². The Hall–Kier alpha value is -0.360. The third-order valence-electron chi connectivity index (χ3n) is 2.59. The zero-order valence-electron chi connectivity index (χ0n) is 9.31. The zero-order chi connectivity index (χ0) is 10.6. The van der Waals surface area contributed by atoms with Crippen molar-refractivity contribution in [2.75, 3.05) is 46.9 Å². The van der Waals surface area contributed by atoms with E-state index in [1.54, 1.807) is 0 Å². The highest BCUT2D eigenvalue weighted by atomic mass is 35.5. The number of ether oxygens (including phenoxy) is 1. The first-order valence-corrected chi connectivity index (χ1v) is 4.89. The number of piperazine rings is 1. The van der Waals surface area contributed by atoms with Gasteiger partial charge in [-0.3, -0.25) is 4.79 Å². The average molecular weight is 238 g/mol. The topological polar surface area (TPSA) is 58.8 Å². The van der Waals surface area contributed by atoms with Crippen LogP contribution in [0.2, 0.25) is 0 Å². The van der Waals surface area contributed by atoms with Gasteiger partial charge in [0.2, 0.25) is 0 Å². The first-order valence-electron chi connectivity index (χ1n) is 4.89. The van der Waals surface area contributed by atoms with E-state index in [1.807, 2.05) is 4.90 Å². The van der Waals surface area contributed by atoms with E-state index in [-0.39, 0.29) is 24.9 Å². The number of amides is 1. The van der Waals surface area contributed by atoms with Crippen LogP contribution in [0.5, 0.6) is 0 Å². The van der Waals surface area contributed by atoms with Crippen LogP contribution in [-0.4, -0.2) is 68.7 Å². The molecular weight excluding hydrogens is 218 g/mol.